The summed E-state index contributed by atoms with van der Waals surface area (Å²) >= 11 is 0. The van der Waals surface area contributed by atoms with Crippen LogP contribution in [0.4, 0.5) is 0 Å². The number of nitrogens with one attached hydrogen (secondary N) is 1. The van der Waals surface area contributed by atoms with Crippen molar-refractivity contribution in [3.63, 3.8) is 0 Å². The summed E-state index contributed by atoms with van der Waals surface area (Å²) in [5.41, 5.74) is 0. The summed E-state index contributed by atoms with van der Waals surface area (Å²) in [5.74, 6) is 0.592. The van der Waals surface area contributed by atoms with Crippen LogP contribution in [0.3, 0.4) is 0 Å². The zero-order chi connectivity index (χ0) is 8.10. The zero-order valence-corrected chi connectivity index (χ0v) is 6.81. The molecule has 1 atom stereocenters. The van der Waals surface area contributed by atoms with Crippen LogP contribution in [-0.2, 0) is 4.79 Å². The predicted octanol–water partition coefficient (Wildman–Crippen LogP) is 1.13. The van der Waals surface area contributed by atoms with Crippen molar-refractivity contribution in [1.29, 1.82) is 0 Å². The minimum atomic E-state index is 0.252. The number of ketones is 1. The standard InChI is InChI=1S/C9H15NO/c1-2-4-9(11)8-5-3-6-10-7-8/h2,8,10H,1,3-7H2. The lowest BCUT2D eigenvalue weighted by atomic mass is 9.93. The molecule has 0 aromatic carbocycles. The number of rotatable bonds is 3. The first-order chi connectivity index (χ1) is 5.34. The minimum absolute atomic E-state index is 0.252. The Hall–Kier alpha value is -0.630. The lowest BCUT2D eigenvalue weighted by molar-refractivity contribution is -0.122. The topological polar surface area (TPSA) is 29.1 Å². The Labute approximate surface area is 67.7 Å². The van der Waals surface area contributed by atoms with E-state index in [-0.39, 0.29) is 5.92 Å². The SMILES string of the molecule is C=CCC(=O)C1CCCNC1. The number of Topliss-reactive ketones (excluding diaryl/α,β-unsaturated/α-hetero) is 1. The molecule has 0 aromatic rings. The quantitative estimate of drug-likeness (QED) is 0.616. The second-order valence-corrected chi connectivity index (χ2v) is 3.00. The molecule has 0 radical (unpaired) electrons. The molecule has 0 saturated carbocycles. The maximum absolute atomic E-state index is 11.3. The van der Waals surface area contributed by atoms with E-state index in [4.69, 9.17) is 0 Å². The van der Waals surface area contributed by atoms with Gasteiger partial charge in [0, 0.05) is 18.9 Å². The van der Waals surface area contributed by atoms with Crippen molar-refractivity contribution in [2.45, 2.75) is 19.3 Å². The highest BCUT2D eigenvalue weighted by Gasteiger charge is 2.18. The van der Waals surface area contributed by atoms with Crippen molar-refractivity contribution in [2.75, 3.05) is 13.1 Å². The van der Waals surface area contributed by atoms with E-state index >= 15 is 0 Å². The monoisotopic (exact) mass is 153 g/mol. The largest absolute Gasteiger partial charge is 0.316 e. The summed E-state index contributed by atoms with van der Waals surface area (Å²) in [6.07, 6.45) is 4.41. The molecule has 1 rings (SSSR count). The van der Waals surface area contributed by atoms with E-state index in [0.29, 0.717) is 12.2 Å². The molecule has 1 heterocycles. The summed E-state index contributed by atoms with van der Waals surface area (Å²) in [7, 11) is 0. The summed E-state index contributed by atoms with van der Waals surface area (Å²) in [4.78, 5) is 11.3. The number of piperidine rings is 1. The Morgan fingerprint density at radius 3 is 3.09 bits per heavy atom. The van der Waals surface area contributed by atoms with E-state index in [2.05, 4.69) is 11.9 Å². The van der Waals surface area contributed by atoms with Gasteiger partial charge in [0.25, 0.3) is 0 Å². The highest BCUT2D eigenvalue weighted by atomic mass is 16.1. The van der Waals surface area contributed by atoms with Crippen molar-refractivity contribution in [2.24, 2.45) is 5.92 Å². The normalized spacial score (nSPS) is 24.5. The molecule has 62 valence electrons. The fraction of sp³-hybridized carbons (Fsp3) is 0.667. The van der Waals surface area contributed by atoms with Crippen molar-refractivity contribution >= 4 is 5.78 Å². The van der Waals surface area contributed by atoms with Gasteiger partial charge in [0.05, 0.1) is 0 Å². The van der Waals surface area contributed by atoms with Crippen molar-refractivity contribution in [3.8, 4) is 0 Å². The number of hydrogen-bond donors (Lipinski definition) is 1. The van der Waals surface area contributed by atoms with Gasteiger partial charge >= 0.3 is 0 Å². The van der Waals surface area contributed by atoms with Gasteiger partial charge < -0.3 is 5.32 Å². The van der Waals surface area contributed by atoms with Crippen molar-refractivity contribution in [3.05, 3.63) is 12.7 Å². The van der Waals surface area contributed by atoms with E-state index in [1.807, 2.05) is 0 Å². The van der Waals surface area contributed by atoms with Gasteiger partial charge in [-0.1, -0.05) is 6.08 Å². The molecule has 1 fully saturated rings. The molecular formula is C9H15NO. The van der Waals surface area contributed by atoms with E-state index < -0.39 is 0 Å². The molecule has 1 aliphatic heterocycles. The molecule has 0 bridgehead atoms. The Bertz CT molecular complexity index is 148. The summed E-state index contributed by atoms with van der Waals surface area (Å²) in [6, 6.07) is 0. The first-order valence-electron chi connectivity index (χ1n) is 4.19. The van der Waals surface area contributed by atoms with Gasteiger partial charge in [-0.05, 0) is 19.4 Å². The Morgan fingerprint density at radius 1 is 1.73 bits per heavy atom. The molecule has 1 N–H and O–H groups in total. The summed E-state index contributed by atoms with van der Waals surface area (Å²) in [5, 5.41) is 3.22. The predicted molar refractivity (Wildman–Crippen MR) is 45.4 cm³/mol. The van der Waals surface area contributed by atoms with Gasteiger partial charge in [-0.3, -0.25) is 4.79 Å². The number of allylic oxidation sites excluding steroid dienone is 1. The van der Waals surface area contributed by atoms with Gasteiger partial charge in [0.2, 0.25) is 0 Å². The van der Waals surface area contributed by atoms with Crippen LogP contribution in [0.1, 0.15) is 19.3 Å². The molecule has 11 heavy (non-hydrogen) atoms. The van der Waals surface area contributed by atoms with Gasteiger partial charge in [-0.25, -0.2) is 0 Å². The summed E-state index contributed by atoms with van der Waals surface area (Å²) < 4.78 is 0. The average molecular weight is 153 g/mol. The lowest BCUT2D eigenvalue weighted by Gasteiger charge is -2.20. The Morgan fingerprint density at radius 2 is 2.55 bits per heavy atom. The van der Waals surface area contributed by atoms with E-state index in [1.165, 1.54) is 0 Å². The lowest BCUT2D eigenvalue weighted by Crippen LogP contribution is -2.34. The Kier molecular flexibility index (Phi) is 3.30. The van der Waals surface area contributed by atoms with Crippen LogP contribution in [0.15, 0.2) is 12.7 Å². The number of hydrogen-bond acceptors (Lipinski definition) is 2. The molecule has 1 aliphatic rings. The van der Waals surface area contributed by atoms with E-state index in [0.717, 1.165) is 25.9 Å². The first kappa shape index (κ1) is 8.47. The van der Waals surface area contributed by atoms with Crippen LogP contribution in [0.25, 0.3) is 0 Å². The van der Waals surface area contributed by atoms with Crippen LogP contribution in [0.2, 0.25) is 0 Å². The molecular weight excluding hydrogens is 138 g/mol. The van der Waals surface area contributed by atoms with Crippen LogP contribution in [-0.4, -0.2) is 18.9 Å². The van der Waals surface area contributed by atoms with E-state index in [9.17, 15) is 4.79 Å². The highest BCUT2D eigenvalue weighted by Crippen LogP contribution is 2.12. The van der Waals surface area contributed by atoms with Gasteiger partial charge in [0.15, 0.2) is 0 Å². The fourth-order valence-corrected chi connectivity index (χ4v) is 1.44. The van der Waals surface area contributed by atoms with Crippen LogP contribution >= 0.6 is 0 Å². The minimum Gasteiger partial charge on any atom is -0.316 e. The third-order valence-electron chi connectivity index (χ3n) is 2.10. The van der Waals surface area contributed by atoms with Crippen molar-refractivity contribution < 1.29 is 4.79 Å². The second kappa shape index (κ2) is 4.29. The second-order valence-electron chi connectivity index (χ2n) is 3.00. The molecule has 0 spiro atoms. The number of carbonyl (C=O) groups excluding carboxylic acids is 1. The maximum atomic E-state index is 11.3. The van der Waals surface area contributed by atoms with Gasteiger partial charge in [0.1, 0.15) is 5.78 Å². The Balaban J connectivity index is 2.32. The van der Waals surface area contributed by atoms with Crippen LogP contribution < -0.4 is 5.32 Å². The molecule has 2 nitrogen and oxygen atoms in total. The molecule has 0 aliphatic carbocycles. The molecule has 1 saturated heterocycles. The van der Waals surface area contributed by atoms with Crippen molar-refractivity contribution in [1.82, 2.24) is 5.32 Å². The zero-order valence-electron chi connectivity index (χ0n) is 6.81. The molecule has 0 aromatic heterocycles. The highest BCUT2D eigenvalue weighted by molar-refractivity contribution is 5.82. The van der Waals surface area contributed by atoms with Gasteiger partial charge in [-0.15, -0.1) is 6.58 Å². The first-order valence-corrected chi connectivity index (χ1v) is 4.19. The van der Waals surface area contributed by atoms with E-state index in [1.54, 1.807) is 6.08 Å². The third-order valence-corrected chi connectivity index (χ3v) is 2.10. The van der Waals surface area contributed by atoms with Gasteiger partial charge in [-0.2, -0.15) is 0 Å². The fourth-order valence-electron chi connectivity index (χ4n) is 1.44. The molecule has 0 amide bonds. The third kappa shape index (κ3) is 2.46. The molecule has 1 unspecified atom stereocenters. The van der Waals surface area contributed by atoms with Crippen LogP contribution in [0.5, 0.6) is 0 Å². The molecule has 2 heteroatoms. The van der Waals surface area contributed by atoms with Crippen LogP contribution in [0, 0.1) is 5.92 Å². The smallest absolute Gasteiger partial charge is 0.140 e. The average Bonchev–Trinajstić information content (AvgIpc) is 2.07. The summed E-state index contributed by atoms with van der Waals surface area (Å²) in [6.45, 7) is 5.49. The number of carbonyl (C=O) groups is 1. The maximum Gasteiger partial charge on any atom is 0.140 e.